The van der Waals surface area contributed by atoms with Crippen molar-refractivity contribution in [1.29, 1.82) is 0 Å². The third-order valence-corrected chi connectivity index (χ3v) is 7.17. The summed E-state index contributed by atoms with van der Waals surface area (Å²) in [6.07, 6.45) is 2.01. The molecule has 1 aromatic rings. The fourth-order valence-electron chi connectivity index (χ4n) is 1.69. The van der Waals surface area contributed by atoms with Gasteiger partial charge in [0.25, 0.3) is 0 Å². The lowest BCUT2D eigenvalue weighted by Gasteiger charge is -2.39. The first kappa shape index (κ1) is 15.5. The average Bonchev–Trinajstić information content (AvgIpc) is 2.61. The van der Waals surface area contributed by atoms with Gasteiger partial charge in [0.05, 0.1) is 12.0 Å². The molecular weight excluding hydrogens is 284 g/mol. The summed E-state index contributed by atoms with van der Waals surface area (Å²) < 4.78 is 23.2. The van der Waals surface area contributed by atoms with Gasteiger partial charge < -0.3 is 24.6 Å². The highest BCUT2D eigenvalue weighted by Gasteiger charge is 2.62. The summed E-state index contributed by atoms with van der Waals surface area (Å²) in [6.45, 7) is 0. The van der Waals surface area contributed by atoms with Crippen LogP contribution in [0.3, 0.4) is 0 Å². The van der Waals surface area contributed by atoms with Crippen molar-refractivity contribution in [1.82, 2.24) is 14.9 Å². The summed E-state index contributed by atoms with van der Waals surface area (Å²) in [7, 11) is -7.83. The molecule has 0 spiro atoms. The van der Waals surface area contributed by atoms with Gasteiger partial charge in [-0.05, 0) is 14.1 Å². The summed E-state index contributed by atoms with van der Waals surface area (Å²) in [5.41, 5.74) is 0.148. The van der Waals surface area contributed by atoms with E-state index in [0.717, 1.165) is 4.90 Å². The SMILES string of the molecule is CN(C)C(Cc1c[nH]cn1)(P(=O)(O)O)P(=O)(O)O. The average molecular weight is 299 g/mol. The summed E-state index contributed by atoms with van der Waals surface area (Å²) in [4.78, 5) is 44.6. The molecule has 1 heterocycles. The number of hydrogen-bond acceptors (Lipinski definition) is 4. The van der Waals surface area contributed by atoms with E-state index in [-0.39, 0.29) is 5.69 Å². The molecule has 0 aliphatic rings. The molecule has 0 atom stereocenters. The van der Waals surface area contributed by atoms with Crippen molar-refractivity contribution < 1.29 is 28.7 Å². The van der Waals surface area contributed by atoms with Gasteiger partial charge in [-0.15, -0.1) is 0 Å². The number of H-pyrrole nitrogens is 1. The number of hydrogen-bond donors (Lipinski definition) is 5. The normalized spacial score (nSPS) is 14.2. The minimum Gasteiger partial charge on any atom is -0.351 e. The minimum absolute atomic E-state index is 0.148. The number of nitrogens with one attached hydrogen (secondary N) is 1. The van der Waals surface area contributed by atoms with Crippen LogP contribution in [0.25, 0.3) is 0 Å². The first-order valence-electron chi connectivity index (χ1n) is 4.79. The second-order valence-electron chi connectivity index (χ2n) is 3.99. The molecule has 0 amide bonds. The zero-order valence-corrected chi connectivity index (χ0v) is 11.5. The van der Waals surface area contributed by atoms with Gasteiger partial charge in [0, 0.05) is 12.6 Å². The second-order valence-corrected chi connectivity index (χ2v) is 8.00. The molecular formula is C7H15N3O6P2. The molecule has 1 rings (SSSR count). The molecule has 0 saturated carbocycles. The molecule has 0 aliphatic carbocycles. The Morgan fingerprint density at radius 3 is 2.06 bits per heavy atom. The van der Waals surface area contributed by atoms with Crippen LogP contribution < -0.4 is 0 Å². The van der Waals surface area contributed by atoms with Crippen LogP contribution in [0.4, 0.5) is 0 Å². The maximum absolute atomic E-state index is 11.6. The van der Waals surface area contributed by atoms with E-state index in [1.807, 2.05) is 0 Å². The third-order valence-electron chi connectivity index (χ3n) is 2.62. The number of aromatic nitrogens is 2. The van der Waals surface area contributed by atoms with Crippen molar-refractivity contribution in [2.45, 2.75) is 11.4 Å². The van der Waals surface area contributed by atoms with Gasteiger partial charge in [-0.1, -0.05) is 0 Å². The lowest BCUT2D eigenvalue weighted by atomic mass is 10.3. The Kier molecular flexibility index (Phi) is 4.19. The number of nitrogens with zero attached hydrogens (tertiary/aromatic N) is 2. The van der Waals surface area contributed by atoms with E-state index >= 15 is 0 Å². The number of imidazole rings is 1. The summed E-state index contributed by atoms with van der Waals surface area (Å²) in [6, 6.07) is 0. The first-order chi connectivity index (χ1) is 8.02. The van der Waals surface area contributed by atoms with E-state index in [2.05, 4.69) is 9.97 Å². The Hall–Kier alpha value is -0.530. The van der Waals surface area contributed by atoms with Gasteiger partial charge in [0.15, 0.2) is 0 Å². The molecule has 0 fully saturated rings. The van der Waals surface area contributed by atoms with E-state index in [4.69, 9.17) is 0 Å². The zero-order chi connectivity index (χ0) is 14.2. The maximum atomic E-state index is 11.6. The van der Waals surface area contributed by atoms with Gasteiger partial charge in [-0.2, -0.15) is 0 Å². The second kappa shape index (κ2) is 4.86. The molecule has 0 saturated heterocycles. The fraction of sp³-hybridized carbons (Fsp3) is 0.571. The fourth-order valence-corrected chi connectivity index (χ4v) is 4.82. The van der Waals surface area contributed by atoms with Crippen molar-refractivity contribution in [3.8, 4) is 0 Å². The van der Waals surface area contributed by atoms with E-state index in [0.29, 0.717) is 0 Å². The van der Waals surface area contributed by atoms with E-state index in [9.17, 15) is 28.7 Å². The Morgan fingerprint density at radius 2 is 1.78 bits per heavy atom. The van der Waals surface area contributed by atoms with Crippen LogP contribution in [-0.2, 0) is 15.6 Å². The molecule has 104 valence electrons. The van der Waals surface area contributed by atoms with Crippen LogP contribution in [0.15, 0.2) is 12.5 Å². The third kappa shape index (κ3) is 2.57. The van der Waals surface area contributed by atoms with Gasteiger partial charge >= 0.3 is 15.2 Å². The number of aromatic amines is 1. The molecule has 0 aromatic carbocycles. The van der Waals surface area contributed by atoms with Crippen molar-refractivity contribution >= 4 is 15.2 Å². The molecule has 0 radical (unpaired) electrons. The van der Waals surface area contributed by atoms with Crippen LogP contribution in [0.5, 0.6) is 0 Å². The maximum Gasteiger partial charge on any atom is 0.358 e. The van der Waals surface area contributed by atoms with Gasteiger partial charge in [0.1, 0.15) is 0 Å². The van der Waals surface area contributed by atoms with Crippen LogP contribution in [0.1, 0.15) is 5.69 Å². The van der Waals surface area contributed by atoms with Crippen LogP contribution in [0.2, 0.25) is 0 Å². The van der Waals surface area contributed by atoms with Gasteiger partial charge in [0.2, 0.25) is 5.02 Å². The van der Waals surface area contributed by atoms with Crippen molar-refractivity contribution in [3.05, 3.63) is 18.2 Å². The summed E-state index contributed by atoms with van der Waals surface area (Å²) in [5, 5.41) is -2.62. The Labute approximate surface area is 103 Å². The van der Waals surface area contributed by atoms with E-state index in [1.165, 1.54) is 26.6 Å². The van der Waals surface area contributed by atoms with Gasteiger partial charge in [-0.3, -0.25) is 14.0 Å². The predicted octanol–water partition coefficient (Wildman–Crippen LogP) is -0.477. The molecule has 5 N–H and O–H groups in total. The largest absolute Gasteiger partial charge is 0.358 e. The highest BCUT2D eigenvalue weighted by Crippen LogP contribution is 2.70. The highest BCUT2D eigenvalue weighted by molar-refractivity contribution is 7.72. The Morgan fingerprint density at radius 1 is 1.28 bits per heavy atom. The van der Waals surface area contributed by atoms with Crippen molar-refractivity contribution in [3.63, 3.8) is 0 Å². The topological polar surface area (TPSA) is 147 Å². The standard InChI is InChI=1S/C7H15N3O6P2/c1-10(2)7(17(11,12)13,18(14,15)16)3-6-4-8-5-9-6/h4-5H,3H2,1-2H3,(H,8,9)(H2,11,12,13)(H2,14,15,16). The van der Waals surface area contributed by atoms with E-state index in [1.54, 1.807) is 0 Å². The molecule has 0 bridgehead atoms. The van der Waals surface area contributed by atoms with Crippen LogP contribution in [0, 0.1) is 0 Å². The highest BCUT2D eigenvalue weighted by atomic mass is 31.2. The molecule has 0 unspecified atom stereocenters. The monoisotopic (exact) mass is 299 g/mol. The predicted molar refractivity (Wildman–Crippen MR) is 62.8 cm³/mol. The number of rotatable bonds is 5. The lowest BCUT2D eigenvalue weighted by Crippen LogP contribution is -2.45. The summed E-state index contributed by atoms with van der Waals surface area (Å²) in [5.74, 6) is 0. The smallest absolute Gasteiger partial charge is 0.351 e. The summed E-state index contributed by atoms with van der Waals surface area (Å²) >= 11 is 0. The van der Waals surface area contributed by atoms with E-state index < -0.39 is 26.6 Å². The van der Waals surface area contributed by atoms with Gasteiger partial charge in [-0.25, -0.2) is 4.98 Å². The Balaban J connectivity index is 3.41. The zero-order valence-electron chi connectivity index (χ0n) is 9.76. The van der Waals surface area contributed by atoms with Crippen molar-refractivity contribution in [2.75, 3.05) is 14.1 Å². The first-order valence-corrected chi connectivity index (χ1v) is 8.01. The van der Waals surface area contributed by atoms with Crippen LogP contribution in [-0.4, -0.2) is 53.6 Å². The molecule has 18 heavy (non-hydrogen) atoms. The number of likely N-dealkylation sites (N-methyl/N-ethyl adjacent to an activating group) is 1. The quantitative estimate of drug-likeness (QED) is 0.458. The molecule has 11 heteroatoms. The van der Waals surface area contributed by atoms with Crippen LogP contribution >= 0.6 is 15.2 Å². The Bertz CT molecular complexity index is 467. The molecule has 9 nitrogen and oxygen atoms in total. The van der Waals surface area contributed by atoms with Crippen molar-refractivity contribution in [2.24, 2.45) is 0 Å². The molecule has 1 aromatic heterocycles. The molecule has 0 aliphatic heterocycles. The lowest BCUT2D eigenvalue weighted by molar-refractivity contribution is 0.209. The minimum atomic E-state index is -5.12.